The third-order valence-corrected chi connectivity index (χ3v) is 1.80. The van der Waals surface area contributed by atoms with Crippen molar-refractivity contribution < 1.29 is 29.7 Å². The summed E-state index contributed by atoms with van der Waals surface area (Å²) in [5, 5.41) is 22.8. The maximum Gasteiger partial charge on any atom is 0.327 e. The smallest absolute Gasteiger partial charge is 0.327 e. The summed E-state index contributed by atoms with van der Waals surface area (Å²) in [7, 11) is 0. The molecule has 0 amide bonds. The average Bonchev–Trinajstić information content (AvgIpc) is 2.46. The van der Waals surface area contributed by atoms with Gasteiger partial charge in [-0.1, -0.05) is 60.3 Å². The molecule has 0 aliphatic heterocycles. The van der Waals surface area contributed by atoms with Crippen LogP contribution < -0.4 is 0 Å². The highest BCUT2D eigenvalue weighted by Crippen LogP contribution is 2.20. The van der Waals surface area contributed by atoms with E-state index in [0.717, 1.165) is 18.2 Å². The van der Waals surface area contributed by atoms with Crippen molar-refractivity contribution in [2.75, 3.05) is 0 Å². The second kappa shape index (κ2) is 19.6. The molecule has 0 bridgehead atoms. The molecule has 0 aromatic carbocycles. The van der Waals surface area contributed by atoms with Crippen LogP contribution in [-0.2, 0) is 14.4 Å². The molecule has 0 unspecified atom stereocenters. The van der Waals surface area contributed by atoms with Gasteiger partial charge in [-0.2, -0.15) is 0 Å². The highest BCUT2D eigenvalue weighted by Gasteiger charge is 2.07. The summed E-state index contributed by atoms with van der Waals surface area (Å²) < 4.78 is 0. The molecule has 0 aliphatic rings. The molecular formula is C17H30O6. The fourth-order valence-corrected chi connectivity index (χ4v) is 0.707. The van der Waals surface area contributed by atoms with E-state index < -0.39 is 17.9 Å². The fourth-order valence-electron chi connectivity index (χ4n) is 0.707. The van der Waals surface area contributed by atoms with Crippen LogP contribution in [0.2, 0.25) is 0 Å². The molecule has 6 heteroatoms. The summed E-state index contributed by atoms with van der Waals surface area (Å²) in [6, 6.07) is 0. The lowest BCUT2D eigenvalue weighted by Gasteiger charge is -2.16. The lowest BCUT2D eigenvalue weighted by Crippen LogP contribution is -2.03. The highest BCUT2D eigenvalue weighted by atomic mass is 16.4. The predicted octanol–water partition coefficient (Wildman–Crippen LogP) is 3.99. The number of unbranched alkanes of at least 4 members (excludes halogenated alkanes) is 1. The monoisotopic (exact) mass is 330 g/mol. The largest absolute Gasteiger partial charge is 0.478 e. The minimum absolute atomic E-state index is 0.552. The van der Waals surface area contributed by atoms with Crippen LogP contribution in [0.5, 0.6) is 0 Å². The van der Waals surface area contributed by atoms with Crippen molar-refractivity contribution in [1.29, 1.82) is 0 Å². The van der Waals surface area contributed by atoms with E-state index in [1.54, 1.807) is 0 Å². The van der Waals surface area contributed by atoms with Crippen LogP contribution in [-0.4, -0.2) is 33.2 Å². The molecule has 6 nitrogen and oxygen atoms in total. The number of carboxylic acid groups (broad SMARTS) is 3. The van der Waals surface area contributed by atoms with Gasteiger partial charge in [0.25, 0.3) is 0 Å². The quantitative estimate of drug-likeness (QED) is 0.657. The number of carboxylic acids is 3. The van der Waals surface area contributed by atoms with Gasteiger partial charge >= 0.3 is 17.9 Å². The SMILES string of the molecule is C=CC(=O)O.C=CC(=O)O.C=CC(=O)O.CCCCC(C)(C)C. The highest BCUT2D eigenvalue weighted by molar-refractivity contribution is 5.79. The van der Waals surface area contributed by atoms with Gasteiger partial charge in [-0.25, -0.2) is 14.4 Å². The van der Waals surface area contributed by atoms with Gasteiger partial charge < -0.3 is 15.3 Å². The summed E-state index contributed by atoms with van der Waals surface area (Å²) >= 11 is 0. The summed E-state index contributed by atoms with van der Waals surface area (Å²) in [5.41, 5.74) is 0.552. The van der Waals surface area contributed by atoms with E-state index in [9.17, 15) is 14.4 Å². The van der Waals surface area contributed by atoms with Crippen LogP contribution in [0.3, 0.4) is 0 Å². The zero-order valence-corrected chi connectivity index (χ0v) is 14.5. The molecule has 23 heavy (non-hydrogen) atoms. The second-order valence-electron chi connectivity index (χ2n) is 5.29. The molecule has 3 N–H and O–H groups in total. The zero-order valence-electron chi connectivity index (χ0n) is 14.5. The number of aliphatic carboxylic acids is 3. The third kappa shape index (κ3) is 81.9. The Bertz CT molecular complexity index is 321. The normalized spacial score (nSPS) is 8.35. The summed E-state index contributed by atoms with van der Waals surface area (Å²) in [4.78, 5) is 27.8. The molecule has 0 radical (unpaired) electrons. The van der Waals surface area contributed by atoms with Gasteiger partial charge in [0.1, 0.15) is 0 Å². The molecule has 0 saturated heterocycles. The van der Waals surface area contributed by atoms with Crippen LogP contribution >= 0.6 is 0 Å². The van der Waals surface area contributed by atoms with Crippen LogP contribution in [0.4, 0.5) is 0 Å². The standard InChI is InChI=1S/C8H18.3C3H4O2/c1-5-6-7-8(2,3)4;3*1-2-3(4)5/h5-7H2,1-4H3;3*2H,1H2,(H,4,5). The Kier molecular flexibility index (Phi) is 24.5. The van der Waals surface area contributed by atoms with E-state index >= 15 is 0 Å². The van der Waals surface area contributed by atoms with E-state index in [-0.39, 0.29) is 0 Å². The Morgan fingerprint density at radius 2 is 1.04 bits per heavy atom. The summed E-state index contributed by atoms with van der Waals surface area (Å²) in [6.07, 6.45) is 6.57. The lowest BCUT2D eigenvalue weighted by molar-refractivity contribution is -0.132. The van der Waals surface area contributed by atoms with Crippen LogP contribution in [0.15, 0.2) is 38.0 Å². The Morgan fingerprint density at radius 1 is 0.826 bits per heavy atom. The molecule has 0 rings (SSSR count). The van der Waals surface area contributed by atoms with Crippen molar-refractivity contribution in [2.24, 2.45) is 5.41 Å². The van der Waals surface area contributed by atoms with E-state index in [1.165, 1.54) is 19.3 Å². The molecule has 0 atom stereocenters. The lowest BCUT2D eigenvalue weighted by atomic mass is 9.90. The number of carbonyl (C=O) groups is 3. The molecule has 0 fully saturated rings. The maximum absolute atomic E-state index is 9.25. The van der Waals surface area contributed by atoms with Gasteiger partial charge in [0.05, 0.1) is 0 Å². The van der Waals surface area contributed by atoms with Crippen molar-refractivity contribution in [3.8, 4) is 0 Å². The Labute approximate surface area is 138 Å². The van der Waals surface area contributed by atoms with E-state index in [1.807, 2.05) is 0 Å². The Hall–Kier alpha value is -2.37. The van der Waals surface area contributed by atoms with Gasteiger partial charge in [-0.05, 0) is 11.8 Å². The minimum atomic E-state index is -0.981. The van der Waals surface area contributed by atoms with Crippen molar-refractivity contribution in [3.63, 3.8) is 0 Å². The molecule has 0 spiro atoms. The predicted molar refractivity (Wildman–Crippen MR) is 92.5 cm³/mol. The van der Waals surface area contributed by atoms with E-state index in [4.69, 9.17) is 15.3 Å². The maximum atomic E-state index is 9.25. The zero-order chi connectivity index (χ0) is 19.5. The number of hydrogen-bond acceptors (Lipinski definition) is 3. The molecule has 0 heterocycles. The fraction of sp³-hybridized carbons (Fsp3) is 0.471. The molecule has 134 valence electrons. The third-order valence-electron chi connectivity index (χ3n) is 1.80. The van der Waals surface area contributed by atoms with Gasteiger partial charge in [-0.3, -0.25) is 0 Å². The molecule has 0 aliphatic carbocycles. The Balaban J connectivity index is -0.000000108. The van der Waals surface area contributed by atoms with Crippen LogP contribution in [0.25, 0.3) is 0 Å². The first-order valence-corrected chi connectivity index (χ1v) is 6.93. The molecule has 0 saturated carbocycles. The first-order chi connectivity index (χ1) is 10.4. The molecule has 0 aromatic heterocycles. The second-order valence-corrected chi connectivity index (χ2v) is 5.29. The van der Waals surface area contributed by atoms with Crippen LogP contribution in [0.1, 0.15) is 47.0 Å². The van der Waals surface area contributed by atoms with Crippen LogP contribution in [0, 0.1) is 5.41 Å². The summed E-state index contributed by atoms with van der Waals surface area (Å²) in [6.45, 7) is 18.0. The molecule has 0 aromatic rings. The van der Waals surface area contributed by atoms with Gasteiger partial charge in [0.15, 0.2) is 0 Å². The van der Waals surface area contributed by atoms with Gasteiger partial charge in [0.2, 0.25) is 0 Å². The first kappa shape index (κ1) is 28.7. The van der Waals surface area contributed by atoms with Gasteiger partial charge in [0, 0.05) is 18.2 Å². The average molecular weight is 330 g/mol. The molecular weight excluding hydrogens is 300 g/mol. The number of hydrogen-bond donors (Lipinski definition) is 3. The van der Waals surface area contributed by atoms with Crippen molar-refractivity contribution in [2.45, 2.75) is 47.0 Å². The minimum Gasteiger partial charge on any atom is -0.478 e. The Morgan fingerprint density at radius 3 is 1.09 bits per heavy atom. The number of rotatable bonds is 5. The van der Waals surface area contributed by atoms with Gasteiger partial charge in [-0.15, -0.1) is 0 Å². The van der Waals surface area contributed by atoms with E-state index in [2.05, 4.69) is 47.4 Å². The topological polar surface area (TPSA) is 112 Å². The summed E-state index contributed by atoms with van der Waals surface area (Å²) in [5.74, 6) is -2.94. The van der Waals surface area contributed by atoms with E-state index in [0.29, 0.717) is 5.41 Å². The van der Waals surface area contributed by atoms with Crippen molar-refractivity contribution in [1.82, 2.24) is 0 Å². The van der Waals surface area contributed by atoms with Crippen molar-refractivity contribution >= 4 is 17.9 Å². The first-order valence-electron chi connectivity index (χ1n) is 6.93. The van der Waals surface area contributed by atoms with Crippen molar-refractivity contribution in [3.05, 3.63) is 38.0 Å².